The van der Waals surface area contributed by atoms with Crippen molar-refractivity contribution in [2.75, 3.05) is 23.4 Å². The number of nitrogen functional groups attached to an aromatic ring is 1. The van der Waals surface area contributed by atoms with Crippen molar-refractivity contribution in [1.29, 1.82) is 0 Å². The van der Waals surface area contributed by atoms with E-state index in [1.807, 2.05) is 0 Å². The summed E-state index contributed by atoms with van der Waals surface area (Å²) in [6.07, 6.45) is 1.17. The van der Waals surface area contributed by atoms with Gasteiger partial charge in [-0.3, -0.25) is 16.0 Å². The molecule has 0 aliphatic carbocycles. The number of nitrogens with one attached hydrogen (secondary N) is 1. The van der Waals surface area contributed by atoms with Gasteiger partial charge in [0.15, 0.2) is 0 Å². The Morgan fingerprint density at radius 1 is 1.37 bits per heavy atom. The van der Waals surface area contributed by atoms with Crippen molar-refractivity contribution >= 4 is 17.1 Å². The quantitative estimate of drug-likeness (QED) is 0.497. The predicted molar refractivity (Wildman–Crippen MR) is 76.1 cm³/mol. The van der Waals surface area contributed by atoms with Gasteiger partial charge in [-0.05, 0) is 30.4 Å². The Morgan fingerprint density at radius 2 is 2.00 bits per heavy atom. The molecule has 104 valence electrons. The molecule has 2 rings (SSSR count). The maximum absolute atomic E-state index is 11.3. The molecule has 1 aromatic rings. The predicted octanol–water partition coefficient (Wildman–Crippen LogP) is 2.36. The van der Waals surface area contributed by atoms with Gasteiger partial charge in [-0.1, -0.05) is 19.9 Å². The van der Waals surface area contributed by atoms with Gasteiger partial charge >= 0.3 is 5.69 Å². The molecule has 0 bridgehead atoms. The number of nitrogens with two attached hydrogens (primary N) is 1. The van der Waals surface area contributed by atoms with Crippen molar-refractivity contribution in [3.63, 3.8) is 0 Å². The van der Waals surface area contributed by atoms with Crippen molar-refractivity contribution in [3.05, 3.63) is 28.3 Å². The molecule has 0 aromatic heterocycles. The maximum atomic E-state index is 11.3. The fourth-order valence-electron chi connectivity index (χ4n) is 2.95. The van der Waals surface area contributed by atoms with Crippen molar-refractivity contribution < 1.29 is 4.92 Å². The monoisotopic (exact) mass is 264 g/mol. The zero-order valence-corrected chi connectivity index (χ0v) is 11.3. The molecule has 1 fully saturated rings. The van der Waals surface area contributed by atoms with Gasteiger partial charge in [0.05, 0.1) is 4.92 Å². The molecule has 0 spiro atoms. The number of anilines is 2. The fourth-order valence-corrected chi connectivity index (χ4v) is 2.95. The summed E-state index contributed by atoms with van der Waals surface area (Å²) in [5, 5.41) is 11.3. The average molecular weight is 264 g/mol. The summed E-state index contributed by atoms with van der Waals surface area (Å²) in [5.41, 5.74) is 3.48. The average Bonchev–Trinajstić information content (AvgIpc) is 2.36. The molecular weight excluding hydrogens is 244 g/mol. The molecule has 6 nitrogen and oxygen atoms in total. The van der Waals surface area contributed by atoms with Crippen LogP contribution in [0, 0.1) is 22.0 Å². The van der Waals surface area contributed by atoms with Gasteiger partial charge in [-0.25, -0.2) is 0 Å². The lowest BCUT2D eigenvalue weighted by Gasteiger charge is -2.36. The number of nitrogens with zero attached hydrogens (tertiary/aromatic N) is 2. The molecule has 1 saturated heterocycles. The number of benzene rings is 1. The van der Waals surface area contributed by atoms with Crippen molar-refractivity contribution in [2.45, 2.75) is 20.3 Å². The largest absolute Gasteiger partial charge is 0.365 e. The van der Waals surface area contributed by atoms with Crippen LogP contribution >= 0.6 is 0 Å². The Labute approximate surface area is 112 Å². The van der Waals surface area contributed by atoms with Crippen molar-refractivity contribution in [1.82, 2.24) is 0 Å². The van der Waals surface area contributed by atoms with Gasteiger partial charge < -0.3 is 10.3 Å². The Bertz CT molecular complexity index is 468. The summed E-state index contributed by atoms with van der Waals surface area (Å²) in [6.45, 7) is 6.05. The first-order valence-corrected chi connectivity index (χ1v) is 6.52. The number of piperidine rings is 1. The van der Waals surface area contributed by atoms with Crippen molar-refractivity contribution in [3.8, 4) is 0 Å². The number of hydrogen-bond acceptors (Lipinski definition) is 5. The number of nitro groups is 1. The molecule has 0 saturated carbocycles. The van der Waals surface area contributed by atoms with E-state index in [2.05, 4.69) is 24.2 Å². The smallest absolute Gasteiger partial charge is 0.316 e. The molecule has 3 N–H and O–H groups in total. The van der Waals surface area contributed by atoms with E-state index in [1.54, 1.807) is 18.2 Å². The highest BCUT2D eigenvalue weighted by Gasteiger charge is 2.28. The number of hydrogen-bond donors (Lipinski definition) is 2. The van der Waals surface area contributed by atoms with E-state index in [9.17, 15) is 10.1 Å². The lowest BCUT2D eigenvalue weighted by molar-refractivity contribution is -0.383. The first-order valence-electron chi connectivity index (χ1n) is 6.52. The molecule has 0 radical (unpaired) electrons. The second-order valence-electron chi connectivity index (χ2n) is 5.43. The molecule has 6 heteroatoms. The first-order chi connectivity index (χ1) is 9.02. The normalized spacial score (nSPS) is 23.2. The maximum Gasteiger partial charge on any atom is 0.316 e. The van der Waals surface area contributed by atoms with Crippen LogP contribution in [0.3, 0.4) is 0 Å². The van der Waals surface area contributed by atoms with Crippen LogP contribution in [-0.2, 0) is 0 Å². The highest BCUT2D eigenvalue weighted by atomic mass is 16.6. The number of nitro benzene ring substituents is 1. The molecule has 1 aliphatic rings. The zero-order valence-electron chi connectivity index (χ0n) is 11.3. The summed E-state index contributed by atoms with van der Waals surface area (Å²) in [7, 11) is 0. The highest BCUT2D eigenvalue weighted by Crippen LogP contribution is 2.37. The third-order valence-corrected chi connectivity index (χ3v) is 3.56. The number of hydrazine groups is 1. The van der Waals surface area contributed by atoms with Crippen LogP contribution in [-0.4, -0.2) is 18.0 Å². The SMILES string of the molecule is CC1CC(C)CN(c2cccc(NN)c2[N+](=O)[O-])C1. The molecule has 0 amide bonds. The Morgan fingerprint density at radius 3 is 2.53 bits per heavy atom. The van der Waals surface area contributed by atoms with Crippen LogP contribution in [0.1, 0.15) is 20.3 Å². The van der Waals surface area contributed by atoms with E-state index in [1.165, 1.54) is 6.42 Å². The molecule has 19 heavy (non-hydrogen) atoms. The summed E-state index contributed by atoms with van der Waals surface area (Å²) in [6, 6.07) is 5.21. The fraction of sp³-hybridized carbons (Fsp3) is 0.538. The number of rotatable bonds is 3. The van der Waals surface area contributed by atoms with Crippen LogP contribution in [0.15, 0.2) is 18.2 Å². The topological polar surface area (TPSA) is 84.4 Å². The van der Waals surface area contributed by atoms with E-state index < -0.39 is 0 Å². The molecule has 2 atom stereocenters. The molecule has 1 aliphatic heterocycles. The van der Waals surface area contributed by atoms with Crippen molar-refractivity contribution in [2.24, 2.45) is 17.7 Å². The molecule has 1 aromatic carbocycles. The Balaban J connectivity index is 2.41. The van der Waals surface area contributed by atoms with Gasteiger partial charge in [0, 0.05) is 13.1 Å². The molecule has 2 unspecified atom stereocenters. The van der Waals surface area contributed by atoms with E-state index >= 15 is 0 Å². The Hall–Kier alpha value is -1.82. The van der Waals surface area contributed by atoms with E-state index in [-0.39, 0.29) is 10.6 Å². The zero-order chi connectivity index (χ0) is 14.0. The minimum Gasteiger partial charge on any atom is -0.365 e. The molecular formula is C13H20N4O2. The summed E-state index contributed by atoms with van der Waals surface area (Å²) in [4.78, 5) is 13.0. The highest BCUT2D eigenvalue weighted by molar-refractivity contribution is 5.76. The van der Waals surface area contributed by atoms with Gasteiger partial charge in [-0.15, -0.1) is 0 Å². The van der Waals surface area contributed by atoms with Crippen LogP contribution in [0.25, 0.3) is 0 Å². The minimum absolute atomic E-state index is 0.0614. The van der Waals surface area contributed by atoms with Crippen LogP contribution in [0.4, 0.5) is 17.1 Å². The second kappa shape index (κ2) is 5.44. The lowest BCUT2D eigenvalue weighted by atomic mass is 9.91. The Kier molecular flexibility index (Phi) is 3.90. The summed E-state index contributed by atoms with van der Waals surface area (Å²) in [5.74, 6) is 6.45. The third kappa shape index (κ3) is 2.78. The standard InChI is InChI=1S/C13H20N4O2/c1-9-6-10(2)8-16(7-9)12-5-3-4-11(15-14)13(12)17(18)19/h3-5,9-10,15H,6-8,14H2,1-2H3. The van der Waals surface area contributed by atoms with Gasteiger partial charge in [0.25, 0.3) is 0 Å². The van der Waals surface area contributed by atoms with Gasteiger partial charge in [0.1, 0.15) is 11.4 Å². The summed E-state index contributed by atoms with van der Waals surface area (Å²) < 4.78 is 0. The third-order valence-electron chi connectivity index (χ3n) is 3.56. The van der Waals surface area contributed by atoms with Gasteiger partial charge in [0.2, 0.25) is 0 Å². The van der Waals surface area contributed by atoms with Crippen LogP contribution in [0.5, 0.6) is 0 Å². The van der Waals surface area contributed by atoms with E-state index in [4.69, 9.17) is 5.84 Å². The minimum atomic E-state index is -0.367. The van der Waals surface area contributed by atoms with E-state index in [0.29, 0.717) is 23.2 Å². The van der Waals surface area contributed by atoms with Gasteiger partial charge in [-0.2, -0.15) is 0 Å². The first kappa shape index (κ1) is 13.6. The summed E-state index contributed by atoms with van der Waals surface area (Å²) >= 11 is 0. The lowest BCUT2D eigenvalue weighted by Crippen LogP contribution is -2.39. The second-order valence-corrected chi connectivity index (χ2v) is 5.43. The van der Waals surface area contributed by atoms with Crippen LogP contribution in [0.2, 0.25) is 0 Å². The number of para-hydroxylation sites is 1. The van der Waals surface area contributed by atoms with Crippen LogP contribution < -0.4 is 16.2 Å². The molecule has 1 heterocycles. The van der Waals surface area contributed by atoms with E-state index in [0.717, 1.165) is 13.1 Å².